The quantitative estimate of drug-likeness (QED) is 0.498. The monoisotopic (exact) mass is 396 g/mol. The molecule has 2 aliphatic rings. The molecule has 0 fully saturated rings. The number of carbonyl (C=O) groups excluding carboxylic acids is 2. The molecule has 1 aromatic carbocycles. The van der Waals surface area contributed by atoms with Gasteiger partial charge in [0.15, 0.2) is 6.10 Å². The van der Waals surface area contributed by atoms with Crippen molar-refractivity contribution in [1.29, 1.82) is 0 Å². The molecule has 0 spiro atoms. The molecular weight excluding hydrogens is 376 g/mol. The van der Waals surface area contributed by atoms with Gasteiger partial charge in [-0.3, -0.25) is 4.79 Å². The van der Waals surface area contributed by atoms with E-state index in [1.807, 2.05) is 18.2 Å². The Labute approximate surface area is 166 Å². The minimum absolute atomic E-state index is 0.00737. The Bertz CT molecular complexity index is 1070. The first kappa shape index (κ1) is 19.1. The average molecular weight is 396 g/mol. The standard InChI is InChI=1S/C21H20N2O6/c1-28-18-3-2-16-15(13(18)4-5-24)6-11-8-22-17(19(11)23-16)7-14-12(9-25)10-29-21(27)20(14)26/h2-3,6-7,9,20,22,24,26H,4-5,8,10H2,1H3/b17-7-. The van der Waals surface area contributed by atoms with Crippen molar-refractivity contribution in [2.75, 3.05) is 20.3 Å². The molecule has 3 heterocycles. The van der Waals surface area contributed by atoms with Crippen LogP contribution in [-0.4, -0.2) is 53.9 Å². The third-order valence-electron chi connectivity index (χ3n) is 5.15. The van der Waals surface area contributed by atoms with Gasteiger partial charge in [-0.25, -0.2) is 9.78 Å². The van der Waals surface area contributed by atoms with Gasteiger partial charge in [-0.05, 0) is 36.3 Å². The van der Waals surface area contributed by atoms with Gasteiger partial charge < -0.3 is 25.0 Å². The number of aldehydes is 1. The Kier molecular flexibility index (Phi) is 5.04. The smallest absolute Gasteiger partial charge is 0.340 e. The Hall–Kier alpha value is -3.23. The Morgan fingerprint density at radius 1 is 1.41 bits per heavy atom. The summed E-state index contributed by atoms with van der Waals surface area (Å²) in [5, 5.41) is 23.7. The van der Waals surface area contributed by atoms with Gasteiger partial charge in [0.2, 0.25) is 0 Å². The van der Waals surface area contributed by atoms with Gasteiger partial charge in [-0.15, -0.1) is 0 Å². The van der Waals surface area contributed by atoms with E-state index >= 15 is 0 Å². The van der Waals surface area contributed by atoms with Crippen molar-refractivity contribution in [3.63, 3.8) is 0 Å². The lowest BCUT2D eigenvalue weighted by atomic mass is 9.98. The second-order valence-electron chi connectivity index (χ2n) is 6.80. The highest BCUT2D eigenvalue weighted by Crippen LogP contribution is 2.33. The number of esters is 1. The Morgan fingerprint density at radius 2 is 2.24 bits per heavy atom. The molecule has 4 rings (SSSR count). The molecule has 0 aliphatic carbocycles. The van der Waals surface area contributed by atoms with Gasteiger partial charge in [0.05, 0.1) is 24.0 Å². The summed E-state index contributed by atoms with van der Waals surface area (Å²) < 4.78 is 10.2. The number of aliphatic hydroxyl groups is 2. The maximum Gasteiger partial charge on any atom is 0.340 e. The van der Waals surface area contributed by atoms with Crippen molar-refractivity contribution >= 4 is 28.9 Å². The van der Waals surface area contributed by atoms with Crippen LogP contribution in [0.1, 0.15) is 16.8 Å². The summed E-state index contributed by atoms with van der Waals surface area (Å²) in [6, 6.07) is 5.65. The first-order chi connectivity index (χ1) is 14.1. The van der Waals surface area contributed by atoms with Crippen LogP contribution in [0.15, 0.2) is 35.4 Å². The largest absolute Gasteiger partial charge is 0.496 e. The molecule has 29 heavy (non-hydrogen) atoms. The average Bonchev–Trinajstić information content (AvgIpc) is 3.12. The third-order valence-corrected chi connectivity index (χ3v) is 5.15. The summed E-state index contributed by atoms with van der Waals surface area (Å²) in [7, 11) is 1.59. The molecule has 8 heteroatoms. The summed E-state index contributed by atoms with van der Waals surface area (Å²) in [5.41, 5.74) is 4.27. The molecule has 3 N–H and O–H groups in total. The number of pyridine rings is 1. The predicted octanol–water partition coefficient (Wildman–Crippen LogP) is 0.635. The van der Waals surface area contributed by atoms with Crippen LogP contribution in [0.5, 0.6) is 5.75 Å². The molecule has 0 saturated heterocycles. The Morgan fingerprint density at radius 3 is 2.97 bits per heavy atom. The van der Waals surface area contributed by atoms with Crippen molar-refractivity contribution in [3.8, 4) is 5.75 Å². The minimum atomic E-state index is -1.51. The second kappa shape index (κ2) is 7.65. The summed E-state index contributed by atoms with van der Waals surface area (Å²) >= 11 is 0. The number of aromatic nitrogens is 1. The zero-order chi connectivity index (χ0) is 20.5. The van der Waals surface area contributed by atoms with E-state index in [0.717, 1.165) is 22.0 Å². The van der Waals surface area contributed by atoms with Crippen LogP contribution in [0.25, 0.3) is 16.6 Å². The number of cyclic esters (lactones) is 1. The summed E-state index contributed by atoms with van der Waals surface area (Å²) in [6.07, 6.45) is 1.10. The van der Waals surface area contributed by atoms with Crippen LogP contribution in [0.2, 0.25) is 0 Å². The van der Waals surface area contributed by atoms with Gasteiger partial charge in [-0.2, -0.15) is 0 Å². The topological polar surface area (TPSA) is 118 Å². The van der Waals surface area contributed by atoms with Crippen molar-refractivity contribution in [2.45, 2.75) is 19.1 Å². The fourth-order valence-corrected chi connectivity index (χ4v) is 3.69. The molecule has 1 aromatic heterocycles. The molecule has 2 aliphatic heterocycles. The SMILES string of the molecule is COc1ccc2nc3c(cc2c1CCO)CN/C3=C\C1=C(C=O)COC(=O)C1O. The predicted molar refractivity (Wildman–Crippen MR) is 104 cm³/mol. The normalized spacial score (nSPS) is 19.9. The number of benzene rings is 1. The summed E-state index contributed by atoms with van der Waals surface area (Å²) in [5.74, 6) is -0.0903. The summed E-state index contributed by atoms with van der Waals surface area (Å²) in [6.45, 7) is 0.331. The van der Waals surface area contributed by atoms with Crippen LogP contribution >= 0.6 is 0 Å². The maximum atomic E-state index is 11.7. The molecule has 1 atom stereocenters. The third kappa shape index (κ3) is 3.26. The summed E-state index contributed by atoms with van der Waals surface area (Å²) in [4.78, 5) is 27.8. The first-order valence-electron chi connectivity index (χ1n) is 9.16. The number of nitrogens with one attached hydrogen (secondary N) is 1. The van der Waals surface area contributed by atoms with E-state index in [1.54, 1.807) is 13.2 Å². The molecule has 150 valence electrons. The van der Waals surface area contributed by atoms with Crippen LogP contribution in [0, 0.1) is 0 Å². The van der Waals surface area contributed by atoms with E-state index < -0.39 is 12.1 Å². The van der Waals surface area contributed by atoms with Crippen LogP contribution < -0.4 is 10.1 Å². The van der Waals surface area contributed by atoms with E-state index in [9.17, 15) is 19.8 Å². The van der Waals surface area contributed by atoms with Gasteiger partial charge in [0.1, 0.15) is 18.6 Å². The molecule has 0 saturated carbocycles. The molecule has 0 radical (unpaired) electrons. The lowest BCUT2D eigenvalue weighted by Crippen LogP contribution is -2.32. The number of methoxy groups -OCH3 is 1. The van der Waals surface area contributed by atoms with Gasteiger partial charge >= 0.3 is 5.97 Å². The molecule has 0 amide bonds. The van der Waals surface area contributed by atoms with E-state index in [-0.39, 0.29) is 24.4 Å². The molecule has 2 aromatic rings. The van der Waals surface area contributed by atoms with Gasteiger partial charge in [0.25, 0.3) is 0 Å². The zero-order valence-electron chi connectivity index (χ0n) is 15.8. The number of carbonyl (C=O) groups is 2. The van der Waals surface area contributed by atoms with Crippen molar-refractivity contribution in [3.05, 3.63) is 52.2 Å². The second-order valence-corrected chi connectivity index (χ2v) is 6.80. The van der Waals surface area contributed by atoms with E-state index in [2.05, 4.69) is 5.32 Å². The number of nitrogens with zero attached hydrogens (tertiary/aromatic N) is 1. The number of rotatable bonds is 5. The van der Waals surface area contributed by atoms with E-state index in [1.165, 1.54) is 0 Å². The fourth-order valence-electron chi connectivity index (χ4n) is 3.69. The zero-order valence-corrected chi connectivity index (χ0v) is 15.8. The molecule has 8 nitrogen and oxygen atoms in total. The van der Waals surface area contributed by atoms with Crippen molar-refractivity contribution < 1.29 is 29.3 Å². The first-order valence-corrected chi connectivity index (χ1v) is 9.16. The lowest BCUT2D eigenvalue weighted by molar-refractivity contribution is -0.151. The minimum Gasteiger partial charge on any atom is -0.496 e. The lowest BCUT2D eigenvalue weighted by Gasteiger charge is -2.20. The van der Waals surface area contributed by atoms with Crippen LogP contribution in [0.4, 0.5) is 0 Å². The highest BCUT2D eigenvalue weighted by atomic mass is 16.5. The number of aliphatic hydroxyl groups excluding tert-OH is 2. The van der Waals surface area contributed by atoms with Crippen molar-refractivity contribution in [2.24, 2.45) is 0 Å². The molecule has 1 unspecified atom stereocenters. The van der Waals surface area contributed by atoms with E-state index in [0.29, 0.717) is 36.4 Å². The van der Waals surface area contributed by atoms with Crippen LogP contribution in [-0.2, 0) is 27.3 Å². The number of hydrogen-bond acceptors (Lipinski definition) is 8. The number of ether oxygens (including phenoxy) is 2. The van der Waals surface area contributed by atoms with Crippen LogP contribution in [0.3, 0.4) is 0 Å². The van der Waals surface area contributed by atoms with E-state index in [4.69, 9.17) is 14.5 Å². The van der Waals surface area contributed by atoms with Gasteiger partial charge in [-0.1, -0.05) is 0 Å². The molecule has 0 bridgehead atoms. The number of hydrogen-bond donors (Lipinski definition) is 3. The highest BCUT2D eigenvalue weighted by Gasteiger charge is 2.30. The van der Waals surface area contributed by atoms with Crippen molar-refractivity contribution in [1.82, 2.24) is 10.3 Å². The highest BCUT2D eigenvalue weighted by molar-refractivity contribution is 5.91. The fraction of sp³-hybridized carbons (Fsp3) is 0.286. The molecular formula is C21H20N2O6. The maximum absolute atomic E-state index is 11.7. The Balaban J connectivity index is 1.83. The number of fused-ring (bicyclic) bond motifs is 2. The van der Waals surface area contributed by atoms with Gasteiger partial charge in [0, 0.05) is 35.2 Å².